The average molecular weight is 234 g/mol. The molecular weight excluding hydrogens is 223 g/mol. The summed E-state index contributed by atoms with van der Waals surface area (Å²) in [5.74, 6) is -0.734. The van der Waals surface area contributed by atoms with E-state index in [9.17, 15) is 12.8 Å². The minimum absolute atomic E-state index is 0.137. The van der Waals surface area contributed by atoms with Crippen molar-refractivity contribution < 1.29 is 17.0 Å². The van der Waals surface area contributed by atoms with Crippen LogP contribution in [0.3, 0.4) is 0 Å². The van der Waals surface area contributed by atoms with Gasteiger partial charge >= 0.3 is 10.3 Å². The van der Waals surface area contributed by atoms with Crippen molar-refractivity contribution in [2.75, 3.05) is 19.0 Å². The second-order valence-corrected chi connectivity index (χ2v) is 4.23. The van der Waals surface area contributed by atoms with Crippen LogP contribution in [-0.4, -0.2) is 22.5 Å². The summed E-state index contributed by atoms with van der Waals surface area (Å²) in [5, 5.41) is 4.70. The first-order valence-electron chi connectivity index (χ1n) is 3.98. The van der Waals surface area contributed by atoms with Gasteiger partial charge in [-0.2, -0.15) is 13.6 Å². The van der Waals surface area contributed by atoms with Gasteiger partial charge in [-0.15, -0.1) is 0 Å². The number of nitrogens with zero attached hydrogens (tertiary/aromatic N) is 1. The molecule has 0 bridgehead atoms. The lowest BCUT2D eigenvalue weighted by atomic mass is 10.3. The first kappa shape index (κ1) is 11.7. The Bertz CT molecular complexity index is 459. The van der Waals surface area contributed by atoms with E-state index in [4.69, 9.17) is 5.14 Å². The van der Waals surface area contributed by atoms with E-state index in [1.165, 1.54) is 12.1 Å². The standard InChI is InChI=1S/C8H11FN2O3S/c1-11(2)7-4-3-6(9)5-8(7)14-15(10,12)13/h3-5H,1-2H3,(H2,10,12,13). The predicted octanol–water partition coefficient (Wildman–Crippen LogP) is 0.474. The van der Waals surface area contributed by atoms with Crippen LogP contribution in [-0.2, 0) is 10.3 Å². The van der Waals surface area contributed by atoms with Crippen LogP contribution >= 0.6 is 0 Å². The molecule has 0 saturated carbocycles. The molecule has 0 atom stereocenters. The molecule has 0 radical (unpaired) electrons. The molecule has 1 aromatic rings. The van der Waals surface area contributed by atoms with Crippen molar-refractivity contribution in [1.82, 2.24) is 0 Å². The minimum atomic E-state index is -4.14. The SMILES string of the molecule is CN(C)c1ccc(F)cc1OS(N)(=O)=O. The monoisotopic (exact) mass is 234 g/mol. The van der Waals surface area contributed by atoms with Crippen LogP contribution in [0.25, 0.3) is 0 Å². The molecule has 0 saturated heterocycles. The third-order valence-electron chi connectivity index (χ3n) is 1.61. The first-order valence-corrected chi connectivity index (χ1v) is 5.46. The summed E-state index contributed by atoms with van der Waals surface area (Å²) in [4.78, 5) is 1.58. The molecule has 0 unspecified atom stereocenters. The second-order valence-electron chi connectivity index (χ2n) is 3.08. The Morgan fingerprint density at radius 2 is 2.00 bits per heavy atom. The number of rotatable bonds is 3. The van der Waals surface area contributed by atoms with Crippen LogP contribution in [0.1, 0.15) is 0 Å². The van der Waals surface area contributed by atoms with Crippen molar-refractivity contribution in [2.24, 2.45) is 5.14 Å². The molecule has 0 aliphatic heterocycles. The van der Waals surface area contributed by atoms with Gasteiger partial charge in [0.15, 0.2) is 5.75 Å². The van der Waals surface area contributed by atoms with Gasteiger partial charge in [0.1, 0.15) is 5.82 Å². The Hall–Kier alpha value is -1.34. The molecule has 0 aliphatic carbocycles. The summed E-state index contributed by atoms with van der Waals surface area (Å²) in [5.41, 5.74) is 0.422. The lowest BCUT2D eigenvalue weighted by Crippen LogP contribution is -2.21. The number of anilines is 1. The van der Waals surface area contributed by atoms with E-state index in [2.05, 4.69) is 4.18 Å². The van der Waals surface area contributed by atoms with Crippen LogP contribution in [0, 0.1) is 5.82 Å². The zero-order valence-corrected chi connectivity index (χ0v) is 9.08. The number of benzene rings is 1. The van der Waals surface area contributed by atoms with Gasteiger partial charge in [0, 0.05) is 20.2 Å². The van der Waals surface area contributed by atoms with Crippen molar-refractivity contribution in [3.8, 4) is 5.75 Å². The zero-order valence-electron chi connectivity index (χ0n) is 8.27. The molecule has 0 spiro atoms. The van der Waals surface area contributed by atoms with Crippen molar-refractivity contribution in [3.05, 3.63) is 24.0 Å². The molecule has 15 heavy (non-hydrogen) atoms. The smallest absolute Gasteiger partial charge is 0.375 e. The van der Waals surface area contributed by atoms with Gasteiger partial charge in [-0.05, 0) is 12.1 Å². The fraction of sp³-hybridized carbons (Fsp3) is 0.250. The normalized spacial score (nSPS) is 11.2. The highest BCUT2D eigenvalue weighted by molar-refractivity contribution is 7.84. The van der Waals surface area contributed by atoms with Gasteiger partial charge < -0.3 is 9.08 Å². The minimum Gasteiger partial charge on any atom is -0.375 e. The topological polar surface area (TPSA) is 72.6 Å². The number of halogens is 1. The number of hydrogen-bond donors (Lipinski definition) is 1. The van der Waals surface area contributed by atoms with Gasteiger partial charge in [-0.3, -0.25) is 0 Å². The summed E-state index contributed by atoms with van der Waals surface area (Å²) in [6.45, 7) is 0. The molecular formula is C8H11FN2O3S. The molecule has 0 heterocycles. The van der Waals surface area contributed by atoms with E-state index in [1.54, 1.807) is 19.0 Å². The van der Waals surface area contributed by atoms with Crippen molar-refractivity contribution in [2.45, 2.75) is 0 Å². The Balaban J connectivity index is 3.19. The number of nitrogens with two attached hydrogens (primary N) is 1. The van der Waals surface area contributed by atoms with Crippen LogP contribution in [0.2, 0.25) is 0 Å². The average Bonchev–Trinajstić information content (AvgIpc) is 1.99. The maximum Gasteiger partial charge on any atom is 0.380 e. The van der Waals surface area contributed by atoms with Crippen molar-refractivity contribution in [1.29, 1.82) is 0 Å². The van der Waals surface area contributed by atoms with Crippen LogP contribution in [0.4, 0.5) is 10.1 Å². The van der Waals surface area contributed by atoms with E-state index in [0.29, 0.717) is 5.69 Å². The Kier molecular flexibility index (Phi) is 3.15. The molecule has 5 nitrogen and oxygen atoms in total. The van der Waals surface area contributed by atoms with E-state index in [0.717, 1.165) is 6.07 Å². The third-order valence-corrected chi connectivity index (χ3v) is 2.02. The fourth-order valence-electron chi connectivity index (χ4n) is 1.05. The van der Waals surface area contributed by atoms with Gasteiger partial charge in [0.05, 0.1) is 5.69 Å². The molecule has 0 amide bonds. The van der Waals surface area contributed by atoms with Crippen LogP contribution < -0.4 is 14.2 Å². The summed E-state index contributed by atoms with van der Waals surface area (Å²) < 4.78 is 38.7. The highest BCUT2D eigenvalue weighted by atomic mass is 32.2. The first-order chi connectivity index (χ1) is 6.79. The Morgan fingerprint density at radius 1 is 1.40 bits per heavy atom. The largest absolute Gasteiger partial charge is 0.380 e. The van der Waals surface area contributed by atoms with Gasteiger partial charge in [-0.1, -0.05) is 0 Å². The van der Waals surface area contributed by atoms with E-state index >= 15 is 0 Å². The van der Waals surface area contributed by atoms with E-state index < -0.39 is 16.1 Å². The molecule has 84 valence electrons. The molecule has 1 aromatic carbocycles. The van der Waals surface area contributed by atoms with Crippen LogP contribution in [0.5, 0.6) is 5.75 Å². The van der Waals surface area contributed by atoms with E-state index in [1.807, 2.05) is 0 Å². The third kappa shape index (κ3) is 3.37. The molecule has 7 heteroatoms. The molecule has 0 fully saturated rings. The highest BCUT2D eigenvalue weighted by Gasteiger charge is 2.12. The number of hydrogen-bond acceptors (Lipinski definition) is 4. The predicted molar refractivity (Wildman–Crippen MR) is 54.5 cm³/mol. The van der Waals surface area contributed by atoms with Crippen molar-refractivity contribution >= 4 is 16.0 Å². The summed E-state index contributed by atoms with van der Waals surface area (Å²) in [6.07, 6.45) is 0. The highest BCUT2D eigenvalue weighted by Crippen LogP contribution is 2.28. The summed E-state index contributed by atoms with van der Waals surface area (Å²) in [6, 6.07) is 3.56. The molecule has 0 aliphatic rings. The second kappa shape index (κ2) is 4.03. The lowest BCUT2D eigenvalue weighted by Gasteiger charge is -2.16. The summed E-state index contributed by atoms with van der Waals surface area (Å²) in [7, 11) is -0.804. The quantitative estimate of drug-likeness (QED) is 0.825. The maximum absolute atomic E-state index is 12.9. The molecule has 2 N–H and O–H groups in total. The summed E-state index contributed by atoms with van der Waals surface area (Å²) >= 11 is 0. The maximum atomic E-state index is 12.9. The lowest BCUT2D eigenvalue weighted by molar-refractivity contribution is 0.485. The molecule has 1 rings (SSSR count). The van der Waals surface area contributed by atoms with Crippen LogP contribution in [0.15, 0.2) is 18.2 Å². The fourth-order valence-corrected chi connectivity index (χ4v) is 1.43. The van der Waals surface area contributed by atoms with Gasteiger partial charge in [0.2, 0.25) is 0 Å². The Labute approximate surface area is 87.5 Å². The van der Waals surface area contributed by atoms with E-state index in [-0.39, 0.29) is 5.75 Å². The van der Waals surface area contributed by atoms with Gasteiger partial charge in [0.25, 0.3) is 0 Å². The zero-order chi connectivity index (χ0) is 11.6. The molecule has 0 aromatic heterocycles. The Morgan fingerprint density at radius 3 is 2.47 bits per heavy atom. The van der Waals surface area contributed by atoms with Gasteiger partial charge in [-0.25, -0.2) is 4.39 Å². The van der Waals surface area contributed by atoms with Crippen molar-refractivity contribution in [3.63, 3.8) is 0 Å².